The van der Waals surface area contributed by atoms with Gasteiger partial charge in [0.05, 0.1) is 12.7 Å². The summed E-state index contributed by atoms with van der Waals surface area (Å²) < 4.78 is 5.03. The molecular formula is C15H22O3. The smallest absolute Gasteiger partial charge is 0.305 e. The van der Waals surface area contributed by atoms with E-state index in [-0.39, 0.29) is 12.4 Å². The highest BCUT2D eigenvalue weighted by Crippen LogP contribution is 2.08. The maximum atomic E-state index is 11.3. The summed E-state index contributed by atoms with van der Waals surface area (Å²) in [7, 11) is 0. The third-order valence-electron chi connectivity index (χ3n) is 2.76. The van der Waals surface area contributed by atoms with Gasteiger partial charge < -0.3 is 9.84 Å². The molecule has 0 spiro atoms. The highest BCUT2D eigenvalue weighted by Gasteiger charge is 2.09. The Balaban J connectivity index is 2.17. The molecule has 1 aromatic carbocycles. The second-order valence-corrected chi connectivity index (χ2v) is 4.46. The van der Waals surface area contributed by atoms with Crippen molar-refractivity contribution in [1.82, 2.24) is 0 Å². The van der Waals surface area contributed by atoms with Gasteiger partial charge in [-0.3, -0.25) is 4.79 Å². The molecule has 1 N–H and O–H groups in total. The van der Waals surface area contributed by atoms with E-state index >= 15 is 0 Å². The summed E-state index contributed by atoms with van der Waals surface area (Å²) in [4.78, 5) is 11.3. The summed E-state index contributed by atoms with van der Waals surface area (Å²) in [6.07, 6.45) is 2.77. The molecule has 0 bridgehead atoms. The van der Waals surface area contributed by atoms with Crippen LogP contribution in [0.3, 0.4) is 0 Å². The van der Waals surface area contributed by atoms with E-state index in [9.17, 15) is 9.90 Å². The predicted octanol–water partition coefficient (Wildman–Crippen LogP) is 2.71. The number of aliphatic hydroxyl groups is 1. The molecule has 0 fully saturated rings. The van der Waals surface area contributed by atoms with Crippen LogP contribution in [0.15, 0.2) is 30.3 Å². The van der Waals surface area contributed by atoms with E-state index in [1.807, 2.05) is 30.3 Å². The van der Waals surface area contributed by atoms with Gasteiger partial charge in [-0.15, -0.1) is 0 Å². The normalized spacial score (nSPS) is 12.1. The topological polar surface area (TPSA) is 46.5 Å². The Morgan fingerprint density at radius 3 is 2.72 bits per heavy atom. The summed E-state index contributed by atoms with van der Waals surface area (Å²) in [5, 5.41) is 9.82. The van der Waals surface area contributed by atoms with Crippen LogP contribution in [0.2, 0.25) is 0 Å². The molecule has 1 aromatic rings. The number of unbranched alkanes of at least 4 members (excludes halogenated alkanes) is 1. The maximum Gasteiger partial charge on any atom is 0.305 e. The van der Waals surface area contributed by atoms with Gasteiger partial charge >= 0.3 is 5.97 Å². The minimum absolute atomic E-state index is 0.212. The summed E-state index contributed by atoms with van der Waals surface area (Å²) in [6.45, 7) is 2.54. The first-order valence-electron chi connectivity index (χ1n) is 6.60. The highest BCUT2D eigenvalue weighted by molar-refractivity contribution is 5.69. The van der Waals surface area contributed by atoms with Gasteiger partial charge in [-0.2, -0.15) is 0 Å². The molecule has 0 saturated heterocycles. The van der Waals surface area contributed by atoms with E-state index < -0.39 is 6.10 Å². The average Bonchev–Trinajstić information content (AvgIpc) is 2.38. The van der Waals surface area contributed by atoms with Crippen molar-refractivity contribution in [3.63, 3.8) is 0 Å². The molecule has 3 heteroatoms. The van der Waals surface area contributed by atoms with Crippen LogP contribution in [0.5, 0.6) is 0 Å². The number of ether oxygens (including phenoxy) is 1. The fraction of sp³-hybridized carbons (Fsp3) is 0.533. The van der Waals surface area contributed by atoms with Crippen LogP contribution in [0.4, 0.5) is 0 Å². The minimum atomic E-state index is -0.480. The van der Waals surface area contributed by atoms with E-state index in [0.29, 0.717) is 19.4 Å². The SMILES string of the molecule is CCCCOC(=O)CCC(O)Cc1ccccc1. The van der Waals surface area contributed by atoms with Crippen molar-refractivity contribution in [2.75, 3.05) is 6.61 Å². The molecule has 0 amide bonds. The van der Waals surface area contributed by atoms with Gasteiger partial charge in [0.1, 0.15) is 0 Å². The fourth-order valence-electron chi connectivity index (χ4n) is 1.68. The Morgan fingerprint density at radius 1 is 1.33 bits per heavy atom. The molecule has 100 valence electrons. The van der Waals surface area contributed by atoms with Crippen LogP contribution in [-0.4, -0.2) is 23.8 Å². The molecule has 0 radical (unpaired) electrons. The lowest BCUT2D eigenvalue weighted by Crippen LogP contribution is -2.14. The highest BCUT2D eigenvalue weighted by atomic mass is 16.5. The van der Waals surface area contributed by atoms with Crippen molar-refractivity contribution in [3.05, 3.63) is 35.9 Å². The number of benzene rings is 1. The van der Waals surface area contributed by atoms with Crippen molar-refractivity contribution >= 4 is 5.97 Å². The predicted molar refractivity (Wildman–Crippen MR) is 71.3 cm³/mol. The standard InChI is InChI=1S/C15H22O3/c1-2-3-11-18-15(17)10-9-14(16)12-13-7-5-4-6-8-13/h4-8,14,16H,2-3,9-12H2,1H3. The van der Waals surface area contributed by atoms with Crippen molar-refractivity contribution < 1.29 is 14.6 Å². The van der Waals surface area contributed by atoms with E-state index in [1.165, 1.54) is 0 Å². The summed E-state index contributed by atoms with van der Waals surface area (Å²) in [5.74, 6) is -0.212. The van der Waals surface area contributed by atoms with E-state index in [0.717, 1.165) is 18.4 Å². The summed E-state index contributed by atoms with van der Waals surface area (Å²) in [5.41, 5.74) is 1.09. The Morgan fingerprint density at radius 2 is 2.06 bits per heavy atom. The van der Waals surface area contributed by atoms with Crippen LogP contribution in [0.1, 0.15) is 38.2 Å². The number of carbonyl (C=O) groups is 1. The van der Waals surface area contributed by atoms with Crippen molar-refractivity contribution in [1.29, 1.82) is 0 Å². The van der Waals surface area contributed by atoms with Gasteiger partial charge in [0.2, 0.25) is 0 Å². The Hall–Kier alpha value is -1.35. The number of hydrogen-bond acceptors (Lipinski definition) is 3. The monoisotopic (exact) mass is 250 g/mol. The number of rotatable bonds is 8. The van der Waals surface area contributed by atoms with Gasteiger partial charge in [-0.1, -0.05) is 43.7 Å². The zero-order valence-electron chi connectivity index (χ0n) is 11.0. The molecule has 0 saturated carbocycles. The van der Waals surface area contributed by atoms with Gasteiger partial charge in [-0.25, -0.2) is 0 Å². The third-order valence-corrected chi connectivity index (χ3v) is 2.76. The Labute approximate surface area is 109 Å². The zero-order valence-corrected chi connectivity index (χ0v) is 11.0. The summed E-state index contributed by atoms with van der Waals surface area (Å²) in [6, 6.07) is 9.79. The molecular weight excluding hydrogens is 228 g/mol. The lowest BCUT2D eigenvalue weighted by atomic mass is 10.0. The van der Waals surface area contributed by atoms with Crippen LogP contribution in [0, 0.1) is 0 Å². The molecule has 0 heterocycles. The molecule has 18 heavy (non-hydrogen) atoms. The quantitative estimate of drug-likeness (QED) is 0.570. The van der Waals surface area contributed by atoms with Crippen LogP contribution in [-0.2, 0) is 16.0 Å². The van der Waals surface area contributed by atoms with E-state index in [4.69, 9.17) is 4.74 Å². The van der Waals surface area contributed by atoms with Crippen LogP contribution < -0.4 is 0 Å². The second-order valence-electron chi connectivity index (χ2n) is 4.46. The third kappa shape index (κ3) is 6.40. The average molecular weight is 250 g/mol. The second kappa shape index (κ2) is 8.70. The largest absolute Gasteiger partial charge is 0.466 e. The number of esters is 1. The minimum Gasteiger partial charge on any atom is -0.466 e. The van der Waals surface area contributed by atoms with E-state index in [2.05, 4.69) is 6.92 Å². The number of hydrogen-bond donors (Lipinski definition) is 1. The maximum absolute atomic E-state index is 11.3. The Bertz CT molecular complexity index is 335. The molecule has 0 aliphatic rings. The first-order valence-corrected chi connectivity index (χ1v) is 6.60. The fourth-order valence-corrected chi connectivity index (χ4v) is 1.68. The lowest BCUT2D eigenvalue weighted by Gasteiger charge is -2.10. The first kappa shape index (κ1) is 14.7. The van der Waals surface area contributed by atoms with Gasteiger partial charge in [0, 0.05) is 6.42 Å². The Kier molecular flexibility index (Phi) is 7.11. The molecule has 0 aliphatic heterocycles. The van der Waals surface area contributed by atoms with Gasteiger partial charge in [-0.05, 0) is 24.8 Å². The molecule has 3 nitrogen and oxygen atoms in total. The molecule has 1 unspecified atom stereocenters. The number of aliphatic hydroxyl groups excluding tert-OH is 1. The first-order chi connectivity index (χ1) is 8.72. The van der Waals surface area contributed by atoms with Crippen molar-refractivity contribution in [2.24, 2.45) is 0 Å². The van der Waals surface area contributed by atoms with Gasteiger partial charge in [0.15, 0.2) is 0 Å². The van der Waals surface area contributed by atoms with Crippen molar-refractivity contribution in [2.45, 2.75) is 45.1 Å². The summed E-state index contributed by atoms with van der Waals surface area (Å²) >= 11 is 0. The van der Waals surface area contributed by atoms with Crippen molar-refractivity contribution in [3.8, 4) is 0 Å². The molecule has 0 aromatic heterocycles. The van der Waals surface area contributed by atoms with Crippen LogP contribution in [0.25, 0.3) is 0 Å². The number of carbonyl (C=O) groups excluding carboxylic acids is 1. The van der Waals surface area contributed by atoms with Gasteiger partial charge in [0.25, 0.3) is 0 Å². The zero-order chi connectivity index (χ0) is 13.2. The molecule has 0 aliphatic carbocycles. The molecule has 1 rings (SSSR count). The molecule has 1 atom stereocenters. The lowest BCUT2D eigenvalue weighted by molar-refractivity contribution is -0.144. The van der Waals surface area contributed by atoms with E-state index in [1.54, 1.807) is 0 Å². The van der Waals surface area contributed by atoms with Crippen LogP contribution >= 0.6 is 0 Å².